The van der Waals surface area contributed by atoms with Gasteiger partial charge < -0.3 is 14.5 Å². The van der Waals surface area contributed by atoms with Gasteiger partial charge in [0, 0.05) is 22.0 Å². The molecule has 4 rings (SSSR count). The van der Waals surface area contributed by atoms with Crippen molar-refractivity contribution in [2.45, 2.75) is 43.1 Å². The average Bonchev–Trinajstić information content (AvgIpc) is 3.21. The maximum atomic E-state index is 13.7. The summed E-state index contributed by atoms with van der Waals surface area (Å²) in [4.78, 5) is 24.8. The Bertz CT molecular complexity index is 1170. The SMILES string of the molecule is O=C(COC(=O)c1oc2ccccc2c1CSC1CCCCC1)Nc1ccc(F)c(F)c1F. The summed E-state index contributed by atoms with van der Waals surface area (Å²) in [5.74, 6) is -5.75. The highest BCUT2D eigenvalue weighted by Crippen LogP contribution is 2.35. The van der Waals surface area contributed by atoms with Gasteiger partial charge in [0.15, 0.2) is 24.1 Å². The van der Waals surface area contributed by atoms with Crippen molar-refractivity contribution in [1.82, 2.24) is 0 Å². The van der Waals surface area contributed by atoms with Gasteiger partial charge in [-0.1, -0.05) is 37.5 Å². The quantitative estimate of drug-likeness (QED) is 0.324. The minimum absolute atomic E-state index is 0.0197. The van der Waals surface area contributed by atoms with Crippen molar-refractivity contribution in [2.24, 2.45) is 0 Å². The van der Waals surface area contributed by atoms with E-state index in [0.29, 0.717) is 28.2 Å². The molecule has 33 heavy (non-hydrogen) atoms. The van der Waals surface area contributed by atoms with E-state index >= 15 is 0 Å². The van der Waals surface area contributed by atoms with Crippen LogP contribution in [-0.2, 0) is 15.3 Å². The number of benzene rings is 2. The van der Waals surface area contributed by atoms with Crippen LogP contribution in [0.25, 0.3) is 11.0 Å². The van der Waals surface area contributed by atoms with Crippen molar-refractivity contribution < 1.29 is 31.9 Å². The predicted molar refractivity (Wildman–Crippen MR) is 120 cm³/mol. The molecule has 174 valence electrons. The summed E-state index contributed by atoms with van der Waals surface area (Å²) >= 11 is 1.78. The zero-order chi connectivity index (χ0) is 23.4. The highest BCUT2D eigenvalue weighted by molar-refractivity contribution is 7.99. The molecule has 0 aliphatic heterocycles. The van der Waals surface area contributed by atoms with Crippen molar-refractivity contribution >= 4 is 40.3 Å². The standard InChI is InChI=1S/C24H22F3NO4S/c25-17-10-11-18(22(27)21(17)26)28-20(29)12-31-24(30)23-16(13-33-14-6-2-1-3-7-14)15-8-4-5-9-19(15)32-23/h4-5,8-11,14H,1-3,6-7,12-13H2,(H,28,29). The van der Waals surface area contributed by atoms with E-state index in [2.05, 4.69) is 5.32 Å². The highest BCUT2D eigenvalue weighted by atomic mass is 32.2. The van der Waals surface area contributed by atoms with Crippen LogP contribution in [0.5, 0.6) is 0 Å². The van der Waals surface area contributed by atoms with Crippen molar-refractivity contribution in [3.8, 4) is 0 Å². The Labute approximate surface area is 192 Å². The number of anilines is 1. The molecular weight excluding hydrogens is 455 g/mol. The number of rotatable bonds is 7. The summed E-state index contributed by atoms with van der Waals surface area (Å²) in [7, 11) is 0. The Morgan fingerprint density at radius 2 is 1.79 bits per heavy atom. The van der Waals surface area contributed by atoms with Crippen molar-refractivity contribution in [1.29, 1.82) is 0 Å². The molecule has 1 N–H and O–H groups in total. The van der Waals surface area contributed by atoms with E-state index in [0.717, 1.165) is 24.3 Å². The van der Waals surface area contributed by atoms with Gasteiger partial charge in [0.1, 0.15) is 5.58 Å². The largest absolute Gasteiger partial charge is 0.450 e. The molecule has 2 aromatic carbocycles. The Morgan fingerprint density at radius 3 is 2.58 bits per heavy atom. The number of esters is 1. The number of halogens is 3. The van der Waals surface area contributed by atoms with E-state index in [1.54, 1.807) is 23.9 Å². The second-order valence-electron chi connectivity index (χ2n) is 7.82. The molecule has 0 spiro atoms. The molecule has 1 fully saturated rings. The van der Waals surface area contributed by atoms with Crippen LogP contribution < -0.4 is 5.32 Å². The number of nitrogens with one attached hydrogen (secondary N) is 1. The van der Waals surface area contributed by atoms with Crippen LogP contribution in [-0.4, -0.2) is 23.7 Å². The number of furan rings is 1. The third-order valence-electron chi connectivity index (χ3n) is 5.54. The first kappa shape index (κ1) is 23.2. The normalized spacial score (nSPS) is 14.4. The van der Waals surface area contributed by atoms with Crippen LogP contribution in [0.2, 0.25) is 0 Å². The Morgan fingerprint density at radius 1 is 1.03 bits per heavy atom. The molecule has 1 aromatic heterocycles. The first-order valence-corrected chi connectivity index (χ1v) is 11.7. The zero-order valence-electron chi connectivity index (χ0n) is 17.7. The highest BCUT2D eigenvalue weighted by Gasteiger charge is 2.24. The number of hydrogen-bond acceptors (Lipinski definition) is 5. The lowest BCUT2D eigenvalue weighted by Crippen LogP contribution is -2.22. The number of carbonyl (C=O) groups excluding carboxylic acids is 2. The van der Waals surface area contributed by atoms with Gasteiger partial charge in [-0.2, -0.15) is 11.8 Å². The molecular formula is C24H22F3NO4S. The summed E-state index contributed by atoms with van der Waals surface area (Å²) in [6.07, 6.45) is 5.93. The summed E-state index contributed by atoms with van der Waals surface area (Å²) in [5.41, 5.74) is 0.693. The lowest BCUT2D eigenvalue weighted by molar-refractivity contribution is -0.119. The Hall–Kier alpha value is -2.94. The van der Waals surface area contributed by atoms with Crippen molar-refractivity contribution in [2.75, 3.05) is 11.9 Å². The second-order valence-corrected chi connectivity index (χ2v) is 9.11. The fourth-order valence-electron chi connectivity index (χ4n) is 3.85. The lowest BCUT2D eigenvalue weighted by atomic mass is 10.0. The number of amides is 1. The number of thioether (sulfide) groups is 1. The van der Waals surface area contributed by atoms with Crippen LogP contribution in [0.1, 0.15) is 48.2 Å². The first-order valence-electron chi connectivity index (χ1n) is 10.7. The molecule has 1 heterocycles. The van der Waals surface area contributed by atoms with Crippen molar-refractivity contribution in [3.05, 3.63) is 65.2 Å². The predicted octanol–water partition coefficient (Wildman–Crippen LogP) is 6.21. The van der Waals surface area contributed by atoms with Gasteiger partial charge in [-0.15, -0.1) is 0 Å². The summed E-state index contributed by atoms with van der Waals surface area (Å²) in [6, 6.07) is 8.83. The molecule has 1 aliphatic rings. The Balaban J connectivity index is 1.44. The Kier molecular flexibility index (Phi) is 7.27. The van der Waals surface area contributed by atoms with E-state index in [1.807, 2.05) is 12.1 Å². The molecule has 0 unspecified atom stereocenters. The zero-order valence-corrected chi connectivity index (χ0v) is 18.5. The number of para-hydroxylation sites is 1. The maximum absolute atomic E-state index is 13.7. The third kappa shape index (κ3) is 5.35. The molecule has 3 aromatic rings. The van der Waals surface area contributed by atoms with Crippen LogP contribution in [0.4, 0.5) is 18.9 Å². The lowest BCUT2D eigenvalue weighted by Gasteiger charge is -2.20. The van der Waals surface area contributed by atoms with Gasteiger partial charge in [0.2, 0.25) is 5.76 Å². The number of carbonyl (C=O) groups is 2. The summed E-state index contributed by atoms with van der Waals surface area (Å²) in [5, 5.41) is 3.39. The average molecular weight is 478 g/mol. The molecule has 0 bridgehead atoms. The maximum Gasteiger partial charge on any atom is 0.375 e. The van der Waals surface area contributed by atoms with Gasteiger partial charge >= 0.3 is 5.97 Å². The molecule has 0 saturated heterocycles. The molecule has 1 aliphatic carbocycles. The van der Waals surface area contributed by atoms with Gasteiger partial charge in [-0.3, -0.25) is 4.79 Å². The molecule has 9 heteroatoms. The van der Waals surface area contributed by atoms with Crippen LogP contribution in [0.15, 0.2) is 40.8 Å². The second kappa shape index (κ2) is 10.3. The molecule has 0 radical (unpaired) electrons. The minimum atomic E-state index is -1.70. The van der Waals surface area contributed by atoms with E-state index < -0.39 is 41.6 Å². The van der Waals surface area contributed by atoms with Gasteiger partial charge in [-0.25, -0.2) is 18.0 Å². The molecule has 1 saturated carbocycles. The fraction of sp³-hybridized carbons (Fsp3) is 0.333. The van der Waals surface area contributed by atoms with Crippen LogP contribution in [0, 0.1) is 17.5 Å². The molecule has 5 nitrogen and oxygen atoms in total. The number of fused-ring (bicyclic) bond motifs is 1. The van der Waals surface area contributed by atoms with Gasteiger partial charge in [0.25, 0.3) is 5.91 Å². The van der Waals surface area contributed by atoms with E-state index in [4.69, 9.17) is 9.15 Å². The third-order valence-corrected chi connectivity index (χ3v) is 6.94. The number of hydrogen-bond donors (Lipinski definition) is 1. The number of ether oxygens (including phenoxy) is 1. The fourth-order valence-corrected chi connectivity index (χ4v) is 5.20. The van der Waals surface area contributed by atoms with E-state index in [9.17, 15) is 22.8 Å². The first-order chi connectivity index (χ1) is 15.9. The van der Waals surface area contributed by atoms with Crippen LogP contribution >= 0.6 is 11.8 Å². The van der Waals surface area contributed by atoms with E-state index in [1.165, 1.54) is 19.3 Å². The molecule has 0 atom stereocenters. The van der Waals surface area contributed by atoms with Gasteiger partial charge in [-0.05, 0) is 31.0 Å². The van der Waals surface area contributed by atoms with Gasteiger partial charge in [0.05, 0.1) is 5.69 Å². The van der Waals surface area contributed by atoms with Crippen molar-refractivity contribution in [3.63, 3.8) is 0 Å². The van der Waals surface area contributed by atoms with E-state index in [-0.39, 0.29) is 5.76 Å². The summed E-state index contributed by atoms with van der Waals surface area (Å²) < 4.78 is 50.9. The minimum Gasteiger partial charge on any atom is -0.450 e. The molecule has 1 amide bonds. The van der Waals surface area contributed by atoms with Crippen LogP contribution in [0.3, 0.4) is 0 Å². The topological polar surface area (TPSA) is 68.5 Å². The monoisotopic (exact) mass is 477 g/mol. The smallest absolute Gasteiger partial charge is 0.375 e. The summed E-state index contributed by atoms with van der Waals surface area (Å²) in [6.45, 7) is -0.747.